The fourth-order valence-electron chi connectivity index (χ4n) is 4.11. The smallest absolute Gasteiger partial charge is 0.312 e. The van der Waals surface area contributed by atoms with Crippen molar-refractivity contribution in [3.05, 3.63) is 60.2 Å². The number of H-pyrrole nitrogens is 1. The molecule has 0 fully saturated rings. The van der Waals surface area contributed by atoms with Gasteiger partial charge >= 0.3 is 6.03 Å². The number of hydrogen-bond donors (Lipinski definition) is 3. The van der Waals surface area contributed by atoms with Crippen molar-refractivity contribution in [1.82, 2.24) is 25.1 Å². The van der Waals surface area contributed by atoms with Crippen LogP contribution in [0.3, 0.4) is 0 Å². The number of amides is 2. The van der Waals surface area contributed by atoms with Crippen LogP contribution in [-0.2, 0) is 7.05 Å². The number of Topliss-reactive ketones (excluding diaryl/α,β-unsaturated/α-hetero) is 1. The Kier molecular flexibility index (Phi) is 5.46. The van der Waals surface area contributed by atoms with E-state index in [4.69, 9.17) is 5.73 Å². The van der Waals surface area contributed by atoms with Crippen molar-refractivity contribution in [1.29, 1.82) is 0 Å². The van der Waals surface area contributed by atoms with Gasteiger partial charge in [0.2, 0.25) is 0 Å². The number of nitrogens with zero attached hydrogens (tertiary/aromatic N) is 3. The van der Waals surface area contributed by atoms with E-state index in [1.54, 1.807) is 23.3 Å². The molecule has 0 aromatic carbocycles. The first-order chi connectivity index (χ1) is 14.9. The number of nitrogens with two attached hydrogens (primary N) is 1. The van der Waals surface area contributed by atoms with Crippen molar-refractivity contribution in [3.63, 3.8) is 0 Å². The Morgan fingerprint density at radius 3 is 2.87 bits per heavy atom. The Morgan fingerprint density at radius 2 is 2.16 bits per heavy atom. The third-order valence-corrected chi connectivity index (χ3v) is 5.67. The van der Waals surface area contributed by atoms with Crippen molar-refractivity contribution < 1.29 is 9.59 Å². The van der Waals surface area contributed by atoms with Gasteiger partial charge in [-0.25, -0.2) is 9.78 Å². The minimum atomic E-state index is -0.646. The van der Waals surface area contributed by atoms with Gasteiger partial charge in [-0.1, -0.05) is 38.0 Å². The largest absolute Gasteiger partial charge is 0.352 e. The average Bonchev–Trinajstić information content (AvgIpc) is 3.37. The standard InChI is InChI=1S/C23H26N6O2/c1-3-4-7-23(28-22(24)31)8-5-6-15(10-23)20(30)19-13-26-21-18(19)9-16(11-25-21)17-12-27-29(2)14-17/h5-6,8-9,11-14H,3-4,7,10H2,1-2H3,(H,25,26)(H3,24,28,31). The van der Waals surface area contributed by atoms with Gasteiger partial charge in [-0.15, -0.1) is 0 Å². The Hall–Kier alpha value is -3.68. The van der Waals surface area contributed by atoms with Crippen molar-refractivity contribution in [3.8, 4) is 11.1 Å². The van der Waals surface area contributed by atoms with E-state index in [-0.39, 0.29) is 5.78 Å². The van der Waals surface area contributed by atoms with Gasteiger partial charge in [0.25, 0.3) is 0 Å². The number of hydrogen-bond acceptors (Lipinski definition) is 4. The molecule has 0 spiro atoms. The third kappa shape index (κ3) is 4.14. The summed E-state index contributed by atoms with van der Waals surface area (Å²) in [5.74, 6) is -0.0899. The van der Waals surface area contributed by atoms with Gasteiger partial charge in [-0.3, -0.25) is 9.48 Å². The lowest BCUT2D eigenvalue weighted by Gasteiger charge is -2.34. The number of aryl methyl sites for hydroxylation is 1. The Labute approximate surface area is 180 Å². The molecular formula is C23H26N6O2. The van der Waals surface area contributed by atoms with E-state index in [2.05, 4.69) is 27.3 Å². The number of pyridine rings is 1. The number of rotatable bonds is 7. The summed E-state index contributed by atoms with van der Waals surface area (Å²) in [6, 6.07) is 1.36. The molecule has 4 N–H and O–H groups in total. The van der Waals surface area contributed by atoms with Gasteiger partial charge in [0.1, 0.15) is 5.65 Å². The maximum absolute atomic E-state index is 13.5. The second kappa shape index (κ2) is 8.22. The lowest BCUT2D eigenvalue weighted by atomic mass is 9.80. The highest BCUT2D eigenvalue weighted by atomic mass is 16.2. The molecule has 4 rings (SSSR count). The maximum Gasteiger partial charge on any atom is 0.312 e. The summed E-state index contributed by atoms with van der Waals surface area (Å²) in [5.41, 5.74) is 8.44. The molecule has 8 nitrogen and oxygen atoms in total. The van der Waals surface area contributed by atoms with E-state index in [1.165, 1.54) is 0 Å². The van der Waals surface area contributed by atoms with Crippen LogP contribution in [0.25, 0.3) is 22.2 Å². The van der Waals surface area contributed by atoms with Crippen molar-refractivity contribution in [2.45, 2.75) is 38.1 Å². The first-order valence-corrected chi connectivity index (χ1v) is 10.4. The highest BCUT2D eigenvalue weighted by Crippen LogP contribution is 2.32. The number of urea groups is 1. The van der Waals surface area contributed by atoms with Crippen LogP contribution in [-0.4, -0.2) is 37.1 Å². The molecule has 1 atom stereocenters. The second-order valence-electron chi connectivity index (χ2n) is 8.03. The molecule has 1 aliphatic rings. The number of fused-ring (bicyclic) bond motifs is 1. The van der Waals surface area contributed by atoms with Crippen LogP contribution in [0.2, 0.25) is 0 Å². The van der Waals surface area contributed by atoms with Gasteiger partial charge in [-0.05, 0) is 12.5 Å². The van der Waals surface area contributed by atoms with E-state index in [1.807, 2.05) is 37.5 Å². The number of allylic oxidation sites excluding steroid dienone is 2. The molecule has 8 heteroatoms. The van der Waals surface area contributed by atoms with E-state index < -0.39 is 11.6 Å². The summed E-state index contributed by atoms with van der Waals surface area (Å²) < 4.78 is 1.73. The number of carbonyl (C=O) groups excluding carboxylic acids is 2. The Bertz CT molecular complexity index is 1200. The zero-order chi connectivity index (χ0) is 22.0. The van der Waals surface area contributed by atoms with E-state index in [0.29, 0.717) is 29.6 Å². The summed E-state index contributed by atoms with van der Waals surface area (Å²) in [5, 5.41) is 7.82. The van der Waals surface area contributed by atoms with E-state index in [0.717, 1.165) is 29.4 Å². The third-order valence-electron chi connectivity index (χ3n) is 5.67. The van der Waals surface area contributed by atoms with Crippen LogP contribution in [0, 0.1) is 0 Å². The van der Waals surface area contributed by atoms with Gasteiger partial charge in [0.15, 0.2) is 5.78 Å². The molecule has 31 heavy (non-hydrogen) atoms. The lowest BCUT2D eigenvalue weighted by molar-refractivity contribution is 0.102. The van der Waals surface area contributed by atoms with Crippen LogP contribution >= 0.6 is 0 Å². The number of primary amides is 1. The predicted octanol–water partition coefficient (Wildman–Crippen LogP) is 3.63. The molecule has 0 radical (unpaired) electrons. The van der Waals surface area contributed by atoms with Crippen molar-refractivity contribution in [2.24, 2.45) is 12.8 Å². The second-order valence-corrected chi connectivity index (χ2v) is 8.03. The molecule has 0 aliphatic heterocycles. The predicted molar refractivity (Wildman–Crippen MR) is 119 cm³/mol. The SMILES string of the molecule is CCCCC1(NC(N)=O)C=CC=C(C(=O)c2c[nH]c3ncc(-c4cnn(C)c4)cc23)C1. The van der Waals surface area contributed by atoms with Gasteiger partial charge < -0.3 is 16.0 Å². The quantitative estimate of drug-likeness (QED) is 0.508. The molecule has 160 valence electrons. The molecule has 2 amide bonds. The summed E-state index contributed by atoms with van der Waals surface area (Å²) in [7, 11) is 1.86. The maximum atomic E-state index is 13.5. The molecule has 3 aromatic rings. The van der Waals surface area contributed by atoms with Crippen LogP contribution in [0.4, 0.5) is 4.79 Å². The first-order valence-electron chi connectivity index (χ1n) is 10.4. The first kappa shape index (κ1) is 20.6. The Balaban J connectivity index is 1.66. The highest BCUT2D eigenvalue weighted by molar-refractivity contribution is 6.16. The minimum Gasteiger partial charge on any atom is -0.352 e. The summed E-state index contributed by atoms with van der Waals surface area (Å²) >= 11 is 0. The molecule has 0 bridgehead atoms. The molecule has 0 saturated heterocycles. The summed E-state index contributed by atoms with van der Waals surface area (Å²) in [4.78, 5) is 32.7. The number of unbranched alkanes of at least 4 members (excludes halogenated alkanes) is 1. The number of aromatic amines is 1. The van der Waals surface area contributed by atoms with Crippen molar-refractivity contribution in [2.75, 3.05) is 0 Å². The van der Waals surface area contributed by atoms with Crippen LogP contribution in [0.5, 0.6) is 0 Å². The van der Waals surface area contributed by atoms with Gasteiger partial charge in [-0.2, -0.15) is 5.10 Å². The summed E-state index contributed by atoms with van der Waals surface area (Å²) in [6.45, 7) is 2.09. The zero-order valence-corrected chi connectivity index (χ0v) is 17.7. The van der Waals surface area contributed by atoms with Crippen LogP contribution in [0.1, 0.15) is 43.0 Å². The van der Waals surface area contributed by atoms with E-state index in [9.17, 15) is 9.59 Å². The van der Waals surface area contributed by atoms with Gasteiger partial charge in [0, 0.05) is 59.7 Å². The fraction of sp³-hybridized carbons (Fsp3) is 0.304. The monoisotopic (exact) mass is 418 g/mol. The minimum absolute atomic E-state index is 0.0899. The highest BCUT2D eigenvalue weighted by Gasteiger charge is 2.33. The van der Waals surface area contributed by atoms with Crippen molar-refractivity contribution >= 4 is 22.8 Å². The molecule has 1 unspecified atom stereocenters. The molecule has 0 saturated carbocycles. The lowest BCUT2D eigenvalue weighted by Crippen LogP contribution is -2.50. The average molecular weight is 419 g/mol. The molecule has 3 heterocycles. The number of nitrogens with one attached hydrogen (secondary N) is 2. The molecule has 1 aliphatic carbocycles. The van der Waals surface area contributed by atoms with Crippen LogP contribution in [0.15, 0.2) is 54.7 Å². The normalized spacial score (nSPS) is 18.2. The number of aromatic nitrogens is 4. The summed E-state index contributed by atoms with van der Waals surface area (Å²) in [6.07, 6.45) is 15.7. The molecule has 3 aromatic heterocycles. The van der Waals surface area contributed by atoms with Crippen LogP contribution < -0.4 is 11.1 Å². The topological polar surface area (TPSA) is 119 Å². The van der Waals surface area contributed by atoms with E-state index >= 15 is 0 Å². The number of ketones is 1. The zero-order valence-electron chi connectivity index (χ0n) is 17.7. The number of carbonyl (C=O) groups is 2. The Morgan fingerprint density at radius 1 is 1.32 bits per heavy atom. The van der Waals surface area contributed by atoms with Gasteiger partial charge in [0.05, 0.1) is 11.7 Å². The fourth-order valence-corrected chi connectivity index (χ4v) is 4.11. The molecular weight excluding hydrogens is 392 g/mol.